The first-order chi connectivity index (χ1) is 8.45. The van der Waals surface area contributed by atoms with Crippen molar-refractivity contribution in [3.8, 4) is 0 Å². The van der Waals surface area contributed by atoms with Gasteiger partial charge in [0.15, 0.2) is 0 Å². The summed E-state index contributed by atoms with van der Waals surface area (Å²) in [5, 5.41) is 5.72. The maximum Gasteiger partial charge on any atom is 0.0107 e. The maximum atomic E-state index is 3.56. The topological polar surface area (TPSA) is 15.3 Å². The van der Waals surface area contributed by atoms with Crippen LogP contribution in [0, 0.1) is 0 Å². The Morgan fingerprint density at radius 2 is 1.94 bits per heavy atom. The van der Waals surface area contributed by atoms with Gasteiger partial charge in [-0.05, 0) is 43.8 Å². The summed E-state index contributed by atoms with van der Waals surface area (Å²) in [5.74, 6) is 0. The maximum absolute atomic E-state index is 3.56. The summed E-state index contributed by atoms with van der Waals surface area (Å²) in [6, 6.07) is 4.36. The van der Waals surface area contributed by atoms with Crippen molar-refractivity contribution in [1.82, 2.24) is 10.2 Å². The molecule has 2 rings (SSSR count). The van der Waals surface area contributed by atoms with Crippen molar-refractivity contribution < 1.29 is 0 Å². The lowest BCUT2D eigenvalue weighted by Crippen LogP contribution is -2.33. The van der Waals surface area contributed by atoms with Gasteiger partial charge in [-0.25, -0.2) is 0 Å². The number of hydrogen-bond donors (Lipinski definition) is 1. The molecule has 3 heteroatoms. The van der Waals surface area contributed by atoms with Gasteiger partial charge in [0.2, 0.25) is 0 Å². The second kappa shape index (κ2) is 7.85. The van der Waals surface area contributed by atoms with Crippen LogP contribution in [0.15, 0.2) is 17.5 Å². The van der Waals surface area contributed by atoms with E-state index < -0.39 is 0 Å². The summed E-state index contributed by atoms with van der Waals surface area (Å²) in [6.45, 7) is 6.11. The minimum atomic E-state index is 1.12. The molecule has 0 aromatic carbocycles. The fourth-order valence-electron chi connectivity index (χ4n) is 2.39. The van der Waals surface area contributed by atoms with Crippen molar-refractivity contribution in [3.05, 3.63) is 22.4 Å². The number of hydrogen-bond acceptors (Lipinski definition) is 3. The Labute approximate surface area is 109 Å². The number of nitrogens with one attached hydrogen (secondary N) is 1. The standard InChI is InChI=1S/C14H24N2S/c1-2-4-11-16(10-3-1)12-9-15-8-7-14-6-5-13-17-14/h5-6,13,15H,1-4,7-12H2. The predicted octanol–water partition coefficient (Wildman–Crippen LogP) is 2.76. The fourth-order valence-corrected chi connectivity index (χ4v) is 3.10. The van der Waals surface area contributed by atoms with Crippen molar-refractivity contribution >= 4 is 11.3 Å². The molecule has 0 atom stereocenters. The predicted molar refractivity (Wildman–Crippen MR) is 75.8 cm³/mol. The zero-order valence-electron chi connectivity index (χ0n) is 10.7. The minimum absolute atomic E-state index is 1.12. The molecule has 0 saturated carbocycles. The fraction of sp³-hybridized carbons (Fsp3) is 0.714. The van der Waals surface area contributed by atoms with E-state index in [4.69, 9.17) is 0 Å². The molecular weight excluding hydrogens is 228 g/mol. The van der Waals surface area contributed by atoms with Crippen LogP contribution in [0.4, 0.5) is 0 Å². The molecule has 17 heavy (non-hydrogen) atoms. The van der Waals surface area contributed by atoms with E-state index in [2.05, 4.69) is 27.7 Å². The van der Waals surface area contributed by atoms with E-state index >= 15 is 0 Å². The molecule has 0 unspecified atom stereocenters. The van der Waals surface area contributed by atoms with E-state index in [1.165, 1.54) is 56.6 Å². The monoisotopic (exact) mass is 252 g/mol. The van der Waals surface area contributed by atoms with Crippen LogP contribution in [0.1, 0.15) is 30.6 Å². The second-order valence-corrected chi connectivity index (χ2v) is 5.87. The molecular formula is C14H24N2S. The zero-order chi connectivity index (χ0) is 11.8. The highest BCUT2D eigenvalue weighted by Gasteiger charge is 2.07. The van der Waals surface area contributed by atoms with E-state index in [0.717, 1.165) is 13.1 Å². The summed E-state index contributed by atoms with van der Waals surface area (Å²) in [6.07, 6.45) is 6.84. The quantitative estimate of drug-likeness (QED) is 0.783. The van der Waals surface area contributed by atoms with E-state index in [1.807, 2.05) is 11.3 Å². The molecule has 96 valence electrons. The summed E-state index contributed by atoms with van der Waals surface area (Å²) >= 11 is 1.86. The molecule has 1 aliphatic heterocycles. The molecule has 0 spiro atoms. The Bertz CT molecular complexity index is 276. The SMILES string of the molecule is c1csc(CCNCCN2CCCCCC2)c1. The summed E-state index contributed by atoms with van der Waals surface area (Å²) < 4.78 is 0. The van der Waals surface area contributed by atoms with Crippen LogP contribution in [-0.2, 0) is 6.42 Å². The van der Waals surface area contributed by atoms with Gasteiger partial charge in [-0.2, -0.15) is 0 Å². The third kappa shape index (κ3) is 5.19. The first-order valence-electron chi connectivity index (χ1n) is 6.90. The number of likely N-dealkylation sites (tertiary alicyclic amines) is 1. The molecule has 0 amide bonds. The van der Waals surface area contributed by atoms with E-state index in [-0.39, 0.29) is 0 Å². The third-order valence-corrected chi connectivity index (χ3v) is 4.37. The highest BCUT2D eigenvalue weighted by atomic mass is 32.1. The van der Waals surface area contributed by atoms with Gasteiger partial charge in [-0.1, -0.05) is 18.9 Å². The van der Waals surface area contributed by atoms with Crippen LogP contribution >= 0.6 is 11.3 Å². The number of rotatable bonds is 6. The van der Waals surface area contributed by atoms with Gasteiger partial charge in [0.25, 0.3) is 0 Å². The molecule has 1 fully saturated rings. The summed E-state index contributed by atoms with van der Waals surface area (Å²) in [4.78, 5) is 4.11. The first-order valence-corrected chi connectivity index (χ1v) is 7.78. The van der Waals surface area contributed by atoms with E-state index in [9.17, 15) is 0 Å². The molecule has 0 radical (unpaired) electrons. The van der Waals surface area contributed by atoms with Crippen molar-refractivity contribution in [2.75, 3.05) is 32.7 Å². The van der Waals surface area contributed by atoms with Crippen LogP contribution in [-0.4, -0.2) is 37.6 Å². The molecule has 1 aromatic heterocycles. The molecule has 1 saturated heterocycles. The van der Waals surface area contributed by atoms with E-state index in [0.29, 0.717) is 0 Å². The Morgan fingerprint density at radius 1 is 1.12 bits per heavy atom. The third-order valence-electron chi connectivity index (χ3n) is 3.43. The van der Waals surface area contributed by atoms with Crippen LogP contribution in [0.5, 0.6) is 0 Å². The Morgan fingerprint density at radius 3 is 2.65 bits per heavy atom. The largest absolute Gasteiger partial charge is 0.315 e. The van der Waals surface area contributed by atoms with Crippen molar-refractivity contribution in [3.63, 3.8) is 0 Å². The average molecular weight is 252 g/mol. The lowest BCUT2D eigenvalue weighted by atomic mass is 10.2. The highest BCUT2D eigenvalue weighted by molar-refractivity contribution is 7.09. The zero-order valence-corrected chi connectivity index (χ0v) is 11.5. The molecule has 1 aliphatic rings. The first kappa shape index (κ1) is 13.1. The molecule has 2 nitrogen and oxygen atoms in total. The second-order valence-electron chi connectivity index (χ2n) is 4.84. The van der Waals surface area contributed by atoms with Gasteiger partial charge >= 0.3 is 0 Å². The smallest absolute Gasteiger partial charge is 0.0107 e. The van der Waals surface area contributed by atoms with Gasteiger partial charge < -0.3 is 10.2 Å². The number of nitrogens with zero attached hydrogens (tertiary/aromatic N) is 1. The molecule has 2 heterocycles. The van der Waals surface area contributed by atoms with Crippen molar-refractivity contribution in [2.24, 2.45) is 0 Å². The Balaban J connectivity index is 1.50. The Hall–Kier alpha value is -0.380. The summed E-state index contributed by atoms with van der Waals surface area (Å²) in [7, 11) is 0. The van der Waals surface area contributed by atoms with Gasteiger partial charge in [0.1, 0.15) is 0 Å². The lowest BCUT2D eigenvalue weighted by Gasteiger charge is -2.19. The van der Waals surface area contributed by atoms with Gasteiger partial charge in [0.05, 0.1) is 0 Å². The van der Waals surface area contributed by atoms with Crippen LogP contribution in [0.3, 0.4) is 0 Å². The molecule has 0 aliphatic carbocycles. The highest BCUT2D eigenvalue weighted by Crippen LogP contribution is 2.09. The average Bonchev–Trinajstić information content (AvgIpc) is 2.72. The summed E-state index contributed by atoms with van der Waals surface area (Å²) in [5.41, 5.74) is 0. The van der Waals surface area contributed by atoms with Gasteiger partial charge in [-0.15, -0.1) is 11.3 Å². The normalized spacial score (nSPS) is 18.1. The van der Waals surface area contributed by atoms with Crippen LogP contribution in [0.25, 0.3) is 0 Å². The number of thiophene rings is 1. The lowest BCUT2D eigenvalue weighted by molar-refractivity contribution is 0.284. The minimum Gasteiger partial charge on any atom is -0.315 e. The van der Waals surface area contributed by atoms with Crippen molar-refractivity contribution in [2.45, 2.75) is 32.1 Å². The van der Waals surface area contributed by atoms with Crippen LogP contribution < -0.4 is 5.32 Å². The van der Waals surface area contributed by atoms with Gasteiger partial charge in [-0.3, -0.25) is 0 Å². The van der Waals surface area contributed by atoms with Gasteiger partial charge in [0, 0.05) is 24.5 Å². The molecule has 0 bridgehead atoms. The van der Waals surface area contributed by atoms with Crippen LogP contribution in [0.2, 0.25) is 0 Å². The molecule has 1 aromatic rings. The Kier molecular flexibility index (Phi) is 6.03. The van der Waals surface area contributed by atoms with Crippen molar-refractivity contribution in [1.29, 1.82) is 0 Å². The molecule has 1 N–H and O–H groups in total. The van der Waals surface area contributed by atoms with E-state index in [1.54, 1.807) is 0 Å².